The minimum Gasteiger partial charge on any atom is -0.425 e. The fourth-order valence-corrected chi connectivity index (χ4v) is 3.48. The van der Waals surface area contributed by atoms with Gasteiger partial charge in [-0.3, -0.25) is 4.79 Å². The van der Waals surface area contributed by atoms with Crippen molar-refractivity contribution in [1.82, 2.24) is 15.1 Å². The van der Waals surface area contributed by atoms with E-state index < -0.39 is 0 Å². The number of nitrogens with zero attached hydrogens (tertiary/aromatic N) is 3. The first-order valence-corrected chi connectivity index (χ1v) is 8.35. The summed E-state index contributed by atoms with van der Waals surface area (Å²) in [4.78, 5) is 15.0. The number of likely N-dealkylation sites (tertiary alicyclic amines) is 1. The van der Waals surface area contributed by atoms with E-state index in [4.69, 9.17) is 4.42 Å². The summed E-state index contributed by atoms with van der Waals surface area (Å²) in [5, 5.41) is 10.3. The molecule has 4 rings (SSSR count). The molecule has 0 atom stereocenters. The van der Waals surface area contributed by atoms with Gasteiger partial charge in [0.25, 0.3) is 5.91 Å². The molecule has 1 aliphatic carbocycles. The van der Waals surface area contributed by atoms with Crippen LogP contribution in [0.3, 0.4) is 0 Å². The van der Waals surface area contributed by atoms with Crippen molar-refractivity contribution in [2.75, 3.05) is 13.1 Å². The van der Waals surface area contributed by atoms with E-state index in [-0.39, 0.29) is 5.91 Å². The van der Waals surface area contributed by atoms with Gasteiger partial charge < -0.3 is 9.32 Å². The Morgan fingerprint density at radius 3 is 2.38 bits per heavy atom. The maximum Gasteiger partial charge on any atom is 0.263 e. The van der Waals surface area contributed by atoms with Gasteiger partial charge in [-0.05, 0) is 37.1 Å². The van der Waals surface area contributed by atoms with E-state index >= 15 is 0 Å². The molecule has 2 fully saturated rings. The second-order valence-electron chi connectivity index (χ2n) is 5.80. The lowest BCUT2D eigenvalue weighted by Crippen LogP contribution is -2.37. The van der Waals surface area contributed by atoms with E-state index in [1.54, 1.807) is 0 Å². The molecule has 1 aliphatic heterocycles. The van der Waals surface area contributed by atoms with Gasteiger partial charge in [0.1, 0.15) is 0 Å². The molecule has 0 N–H and O–H groups in total. The summed E-state index contributed by atoms with van der Waals surface area (Å²) in [5.74, 6) is 2.53. The van der Waals surface area contributed by atoms with Crippen LogP contribution in [0.25, 0.3) is 0 Å². The zero-order chi connectivity index (χ0) is 14.2. The summed E-state index contributed by atoms with van der Waals surface area (Å²) < 4.78 is 5.79. The minimum absolute atomic E-state index is 0.146. The molecular weight excluding hydrogens is 286 g/mol. The van der Waals surface area contributed by atoms with Gasteiger partial charge >= 0.3 is 0 Å². The molecule has 1 saturated carbocycles. The number of hydrogen-bond acceptors (Lipinski definition) is 5. The van der Waals surface area contributed by atoms with E-state index in [2.05, 4.69) is 10.2 Å². The quantitative estimate of drug-likeness (QED) is 0.874. The third kappa shape index (κ3) is 2.60. The molecule has 0 aromatic carbocycles. The molecule has 0 spiro atoms. The van der Waals surface area contributed by atoms with Crippen molar-refractivity contribution in [3.63, 3.8) is 0 Å². The van der Waals surface area contributed by atoms with Crippen LogP contribution in [-0.4, -0.2) is 34.1 Å². The fourth-order valence-electron chi connectivity index (χ4n) is 2.79. The molecule has 21 heavy (non-hydrogen) atoms. The summed E-state index contributed by atoms with van der Waals surface area (Å²) in [6, 6.07) is 3.81. The third-order valence-electron chi connectivity index (χ3n) is 4.25. The Kier molecular flexibility index (Phi) is 3.25. The number of aromatic nitrogens is 2. The number of thiophene rings is 1. The molecule has 5 nitrogen and oxygen atoms in total. The van der Waals surface area contributed by atoms with Crippen LogP contribution in [0.2, 0.25) is 0 Å². The first kappa shape index (κ1) is 13.0. The average Bonchev–Trinajstić information content (AvgIpc) is 3.05. The summed E-state index contributed by atoms with van der Waals surface area (Å²) in [6.45, 7) is 1.53. The van der Waals surface area contributed by atoms with Crippen LogP contribution in [0.15, 0.2) is 21.9 Å². The van der Waals surface area contributed by atoms with E-state index in [9.17, 15) is 4.79 Å². The van der Waals surface area contributed by atoms with Gasteiger partial charge in [-0.2, -0.15) is 0 Å². The smallest absolute Gasteiger partial charge is 0.263 e. The lowest BCUT2D eigenvalue weighted by Gasteiger charge is -2.30. The Hall–Kier alpha value is -1.69. The van der Waals surface area contributed by atoms with Crippen molar-refractivity contribution < 1.29 is 9.21 Å². The Morgan fingerprint density at radius 1 is 1.14 bits per heavy atom. The first-order valence-electron chi connectivity index (χ1n) is 7.47. The normalized spacial score (nSPS) is 19.9. The van der Waals surface area contributed by atoms with Crippen LogP contribution in [-0.2, 0) is 0 Å². The summed E-state index contributed by atoms with van der Waals surface area (Å²) in [7, 11) is 0. The molecule has 2 aromatic rings. The molecule has 0 bridgehead atoms. The molecule has 0 unspecified atom stereocenters. The van der Waals surface area contributed by atoms with Crippen molar-refractivity contribution in [3.8, 4) is 0 Å². The standard InChI is InChI=1S/C15H17N3O2S/c19-15(12-2-1-9-21-12)18-7-5-11(6-8-18)14-17-16-13(20-14)10-3-4-10/h1-2,9-11H,3-8H2. The second kappa shape index (κ2) is 5.26. The molecule has 1 saturated heterocycles. The van der Waals surface area contributed by atoms with Gasteiger partial charge in [-0.15, -0.1) is 21.5 Å². The van der Waals surface area contributed by atoms with Crippen LogP contribution >= 0.6 is 11.3 Å². The van der Waals surface area contributed by atoms with Gasteiger partial charge in [0.15, 0.2) is 0 Å². The van der Waals surface area contributed by atoms with Crippen LogP contribution in [0.4, 0.5) is 0 Å². The van der Waals surface area contributed by atoms with Gasteiger partial charge in [-0.1, -0.05) is 6.07 Å². The highest BCUT2D eigenvalue weighted by Crippen LogP contribution is 2.40. The summed E-state index contributed by atoms with van der Waals surface area (Å²) >= 11 is 1.50. The minimum atomic E-state index is 0.146. The number of rotatable bonds is 3. The highest BCUT2D eigenvalue weighted by atomic mass is 32.1. The zero-order valence-electron chi connectivity index (χ0n) is 11.7. The summed E-state index contributed by atoms with van der Waals surface area (Å²) in [6.07, 6.45) is 4.16. The van der Waals surface area contributed by atoms with Gasteiger partial charge in [0.2, 0.25) is 11.8 Å². The maximum atomic E-state index is 12.3. The average molecular weight is 303 g/mol. The lowest BCUT2D eigenvalue weighted by atomic mass is 9.97. The molecule has 6 heteroatoms. The van der Waals surface area contributed by atoms with Crippen LogP contribution in [0.5, 0.6) is 0 Å². The molecule has 110 valence electrons. The Morgan fingerprint density at radius 2 is 1.81 bits per heavy atom. The van der Waals surface area contributed by atoms with Crippen molar-refractivity contribution in [2.45, 2.75) is 37.5 Å². The molecule has 2 aromatic heterocycles. The topological polar surface area (TPSA) is 59.2 Å². The van der Waals surface area contributed by atoms with Crippen molar-refractivity contribution in [3.05, 3.63) is 34.2 Å². The lowest BCUT2D eigenvalue weighted by molar-refractivity contribution is 0.0711. The monoisotopic (exact) mass is 303 g/mol. The molecule has 3 heterocycles. The van der Waals surface area contributed by atoms with Crippen molar-refractivity contribution in [2.24, 2.45) is 0 Å². The van der Waals surface area contributed by atoms with Crippen LogP contribution in [0, 0.1) is 0 Å². The van der Waals surface area contributed by atoms with E-state index in [0.717, 1.165) is 42.6 Å². The Bertz CT molecular complexity index is 625. The first-order chi connectivity index (χ1) is 10.3. The van der Waals surface area contributed by atoms with Crippen LogP contribution < -0.4 is 0 Å². The Balaban J connectivity index is 1.38. The largest absolute Gasteiger partial charge is 0.425 e. The summed E-state index contributed by atoms with van der Waals surface area (Å²) in [5.41, 5.74) is 0. The fraction of sp³-hybridized carbons (Fsp3) is 0.533. The number of amides is 1. The van der Waals surface area contributed by atoms with Gasteiger partial charge in [0, 0.05) is 24.9 Å². The third-order valence-corrected chi connectivity index (χ3v) is 5.10. The number of hydrogen-bond donors (Lipinski definition) is 0. The highest BCUT2D eigenvalue weighted by Gasteiger charge is 2.32. The van der Waals surface area contributed by atoms with Crippen LogP contribution in [0.1, 0.15) is 59.0 Å². The molecular formula is C15H17N3O2S. The molecule has 0 radical (unpaired) electrons. The number of piperidine rings is 1. The van der Waals surface area contributed by atoms with E-state index in [0.29, 0.717) is 11.8 Å². The predicted molar refractivity (Wildman–Crippen MR) is 78.5 cm³/mol. The van der Waals surface area contributed by atoms with Gasteiger partial charge in [0.05, 0.1) is 4.88 Å². The Labute approximate surface area is 127 Å². The van der Waals surface area contributed by atoms with E-state index in [1.165, 1.54) is 24.2 Å². The second-order valence-corrected chi connectivity index (χ2v) is 6.74. The number of carbonyl (C=O) groups is 1. The predicted octanol–water partition coefficient (Wildman–Crippen LogP) is 3.03. The van der Waals surface area contributed by atoms with Crippen molar-refractivity contribution >= 4 is 17.2 Å². The van der Waals surface area contributed by atoms with Crippen molar-refractivity contribution in [1.29, 1.82) is 0 Å². The van der Waals surface area contributed by atoms with Gasteiger partial charge in [-0.25, -0.2) is 0 Å². The zero-order valence-corrected chi connectivity index (χ0v) is 12.5. The maximum absolute atomic E-state index is 12.3. The number of carbonyl (C=O) groups excluding carboxylic acids is 1. The highest BCUT2D eigenvalue weighted by molar-refractivity contribution is 7.12. The SMILES string of the molecule is O=C(c1cccs1)N1CCC(c2nnc(C3CC3)o2)CC1. The molecule has 1 amide bonds. The molecule has 2 aliphatic rings. The van der Waals surface area contributed by atoms with E-state index in [1.807, 2.05) is 22.4 Å².